The van der Waals surface area contributed by atoms with Crippen LogP contribution in [0.2, 0.25) is 0 Å². The summed E-state index contributed by atoms with van der Waals surface area (Å²) < 4.78 is 30.8. The highest BCUT2D eigenvalue weighted by atomic mass is 32.2. The maximum atomic E-state index is 12.7. The molecule has 0 bridgehead atoms. The fourth-order valence-corrected chi connectivity index (χ4v) is 3.89. The van der Waals surface area contributed by atoms with Crippen molar-refractivity contribution in [1.29, 1.82) is 0 Å². The largest absolute Gasteiger partial charge is 0.481 e. The zero-order valence-electron chi connectivity index (χ0n) is 14.9. The Morgan fingerprint density at radius 3 is 2.39 bits per heavy atom. The van der Waals surface area contributed by atoms with Crippen LogP contribution >= 0.6 is 0 Å². The molecule has 0 aliphatic carbocycles. The SMILES string of the molecule is NC(c1cccc2c(OCC(=O)O)cccc12)S(=O)(=O)/C=C/c1ccccc1. The van der Waals surface area contributed by atoms with E-state index in [2.05, 4.69) is 0 Å². The summed E-state index contributed by atoms with van der Waals surface area (Å²) in [6.45, 7) is -0.493. The first-order chi connectivity index (χ1) is 13.4. The summed E-state index contributed by atoms with van der Waals surface area (Å²) in [6, 6.07) is 19.1. The van der Waals surface area contributed by atoms with Gasteiger partial charge >= 0.3 is 5.97 Å². The Kier molecular flexibility index (Phi) is 5.77. The fraction of sp³-hybridized carbons (Fsp3) is 0.0952. The molecule has 3 N–H and O–H groups in total. The van der Waals surface area contributed by atoms with Crippen LogP contribution in [0.4, 0.5) is 0 Å². The van der Waals surface area contributed by atoms with Crippen molar-refractivity contribution in [3.05, 3.63) is 83.3 Å². The monoisotopic (exact) mass is 397 g/mol. The number of aliphatic carboxylic acids is 1. The van der Waals surface area contributed by atoms with E-state index >= 15 is 0 Å². The Labute approximate surface area is 162 Å². The molecule has 7 heteroatoms. The van der Waals surface area contributed by atoms with Crippen LogP contribution in [0.25, 0.3) is 16.8 Å². The van der Waals surface area contributed by atoms with Gasteiger partial charge in [-0.3, -0.25) is 0 Å². The first-order valence-electron chi connectivity index (χ1n) is 8.47. The summed E-state index contributed by atoms with van der Waals surface area (Å²) in [6.07, 6.45) is 1.50. The van der Waals surface area contributed by atoms with Gasteiger partial charge in [0, 0.05) is 10.8 Å². The van der Waals surface area contributed by atoms with E-state index in [4.69, 9.17) is 15.6 Å². The van der Waals surface area contributed by atoms with Gasteiger partial charge in [0.15, 0.2) is 16.4 Å². The predicted octanol–water partition coefficient (Wildman–Crippen LogP) is 3.35. The highest BCUT2D eigenvalue weighted by Crippen LogP contribution is 2.32. The molecule has 1 atom stereocenters. The minimum absolute atomic E-state index is 0.353. The van der Waals surface area contributed by atoms with Crippen molar-refractivity contribution in [2.24, 2.45) is 5.73 Å². The number of benzene rings is 3. The van der Waals surface area contributed by atoms with Gasteiger partial charge in [-0.2, -0.15) is 0 Å². The van der Waals surface area contributed by atoms with Crippen LogP contribution in [0, 0.1) is 0 Å². The smallest absolute Gasteiger partial charge is 0.341 e. The van der Waals surface area contributed by atoms with Gasteiger partial charge in [0.25, 0.3) is 0 Å². The third kappa shape index (κ3) is 4.39. The lowest BCUT2D eigenvalue weighted by Crippen LogP contribution is -2.20. The Morgan fingerprint density at radius 1 is 1.00 bits per heavy atom. The summed E-state index contributed by atoms with van der Waals surface area (Å²) in [5.41, 5.74) is 7.26. The van der Waals surface area contributed by atoms with E-state index in [1.54, 1.807) is 48.5 Å². The highest BCUT2D eigenvalue weighted by Gasteiger charge is 2.23. The molecule has 0 spiro atoms. The summed E-state index contributed by atoms with van der Waals surface area (Å²) >= 11 is 0. The molecule has 0 saturated carbocycles. The molecule has 0 aliphatic rings. The quantitative estimate of drug-likeness (QED) is 0.633. The van der Waals surface area contributed by atoms with E-state index in [1.165, 1.54) is 6.08 Å². The first-order valence-corrected chi connectivity index (χ1v) is 10.1. The Balaban J connectivity index is 1.97. The van der Waals surface area contributed by atoms with Crippen LogP contribution in [0.15, 0.2) is 72.1 Å². The van der Waals surface area contributed by atoms with Crippen LogP contribution in [-0.4, -0.2) is 26.1 Å². The predicted molar refractivity (Wildman–Crippen MR) is 108 cm³/mol. The van der Waals surface area contributed by atoms with Crippen molar-refractivity contribution < 1.29 is 23.1 Å². The molecule has 3 aromatic rings. The van der Waals surface area contributed by atoms with Gasteiger partial charge in [0.2, 0.25) is 0 Å². The van der Waals surface area contributed by atoms with Crippen molar-refractivity contribution in [3.8, 4) is 5.75 Å². The van der Waals surface area contributed by atoms with E-state index in [0.29, 0.717) is 22.1 Å². The molecule has 0 fully saturated rings. The minimum atomic E-state index is -3.78. The van der Waals surface area contributed by atoms with Crippen molar-refractivity contribution in [2.45, 2.75) is 5.37 Å². The third-order valence-corrected chi connectivity index (χ3v) is 5.65. The number of fused-ring (bicyclic) bond motifs is 1. The second-order valence-electron chi connectivity index (χ2n) is 6.10. The zero-order valence-corrected chi connectivity index (χ0v) is 15.7. The lowest BCUT2D eigenvalue weighted by molar-refractivity contribution is -0.139. The van der Waals surface area contributed by atoms with Crippen LogP contribution in [0.5, 0.6) is 5.75 Å². The van der Waals surface area contributed by atoms with Crippen molar-refractivity contribution >= 4 is 32.7 Å². The molecule has 0 heterocycles. The number of sulfone groups is 1. The number of carbonyl (C=O) groups is 1. The third-order valence-electron chi connectivity index (χ3n) is 4.18. The van der Waals surface area contributed by atoms with E-state index in [1.807, 2.05) is 18.2 Å². The Hall–Kier alpha value is -3.16. The average Bonchev–Trinajstić information content (AvgIpc) is 2.70. The topological polar surface area (TPSA) is 107 Å². The Bertz CT molecular complexity index is 1120. The van der Waals surface area contributed by atoms with Crippen molar-refractivity contribution in [3.63, 3.8) is 0 Å². The van der Waals surface area contributed by atoms with E-state index in [0.717, 1.165) is 11.0 Å². The van der Waals surface area contributed by atoms with Gasteiger partial charge in [-0.15, -0.1) is 0 Å². The summed E-state index contributed by atoms with van der Waals surface area (Å²) in [7, 11) is -3.78. The van der Waals surface area contributed by atoms with E-state index in [-0.39, 0.29) is 0 Å². The van der Waals surface area contributed by atoms with Gasteiger partial charge in [0.1, 0.15) is 11.1 Å². The minimum Gasteiger partial charge on any atom is -0.481 e. The summed E-state index contributed by atoms with van der Waals surface area (Å²) in [5.74, 6) is -0.746. The number of hydrogen-bond donors (Lipinski definition) is 2. The fourth-order valence-electron chi connectivity index (χ4n) is 2.82. The highest BCUT2D eigenvalue weighted by molar-refractivity contribution is 7.94. The number of hydrogen-bond acceptors (Lipinski definition) is 5. The maximum absolute atomic E-state index is 12.7. The van der Waals surface area contributed by atoms with Gasteiger partial charge in [-0.25, -0.2) is 13.2 Å². The second-order valence-corrected chi connectivity index (χ2v) is 8.06. The van der Waals surface area contributed by atoms with Gasteiger partial charge in [-0.05, 0) is 28.7 Å². The zero-order chi connectivity index (χ0) is 20.1. The average molecular weight is 397 g/mol. The number of nitrogens with two attached hydrogens (primary N) is 1. The van der Waals surface area contributed by atoms with Gasteiger partial charge in [0.05, 0.1) is 0 Å². The van der Waals surface area contributed by atoms with Gasteiger partial charge < -0.3 is 15.6 Å². The van der Waals surface area contributed by atoms with Crippen molar-refractivity contribution in [1.82, 2.24) is 0 Å². The van der Waals surface area contributed by atoms with Crippen LogP contribution < -0.4 is 10.5 Å². The summed E-state index contributed by atoms with van der Waals surface area (Å²) in [5, 5.41) is 9.84. The summed E-state index contributed by atoms with van der Waals surface area (Å²) in [4.78, 5) is 10.8. The van der Waals surface area contributed by atoms with Crippen molar-refractivity contribution in [2.75, 3.05) is 6.61 Å². The Morgan fingerprint density at radius 2 is 1.68 bits per heavy atom. The number of carboxylic acid groups (broad SMARTS) is 1. The first kappa shape index (κ1) is 19.6. The molecule has 0 saturated heterocycles. The molecule has 0 amide bonds. The molecule has 0 radical (unpaired) electrons. The molecule has 144 valence electrons. The number of rotatable bonds is 7. The molecule has 0 aromatic heterocycles. The lowest BCUT2D eigenvalue weighted by Gasteiger charge is -2.15. The van der Waals surface area contributed by atoms with E-state index < -0.39 is 27.8 Å². The van der Waals surface area contributed by atoms with Crippen LogP contribution in [0.1, 0.15) is 16.5 Å². The van der Waals surface area contributed by atoms with Crippen LogP contribution in [0.3, 0.4) is 0 Å². The molecule has 1 unspecified atom stereocenters. The van der Waals surface area contributed by atoms with Gasteiger partial charge in [-0.1, -0.05) is 60.7 Å². The molecular weight excluding hydrogens is 378 g/mol. The number of ether oxygens (including phenoxy) is 1. The molecule has 3 rings (SSSR count). The maximum Gasteiger partial charge on any atom is 0.341 e. The molecular formula is C21H19NO5S. The standard InChI is InChI=1S/C21H19NO5S/c22-21(28(25,26)13-12-15-6-2-1-3-7-15)18-10-4-9-17-16(18)8-5-11-19(17)27-14-20(23)24/h1-13,21H,14,22H2,(H,23,24)/b13-12+. The normalized spacial score (nSPS) is 12.9. The van der Waals surface area contributed by atoms with E-state index in [9.17, 15) is 13.2 Å². The molecule has 6 nitrogen and oxygen atoms in total. The molecule has 3 aromatic carbocycles. The lowest BCUT2D eigenvalue weighted by atomic mass is 10.0. The van der Waals surface area contributed by atoms with Crippen LogP contribution in [-0.2, 0) is 14.6 Å². The second kappa shape index (κ2) is 8.24. The molecule has 0 aliphatic heterocycles. The molecule has 28 heavy (non-hydrogen) atoms. The number of carboxylic acids is 1.